The monoisotopic (exact) mass is 477 g/mol. The number of rotatable bonds is 4. The molecular formula is C28H29F2N3O2. The van der Waals surface area contributed by atoms with Gasteiger partial charge >= 0.3 is 6.03 Å². The Morgan fingerprint density at radius 1 is 0.971 bits per heavy atom. The third kappa shape index (κ3) is 4.79. The van der Waals surface area contributed by atoms with E-state index in [9.17, 15) is 18.7 Å². The molecule has 2 fully saturated rings. The van der Waals surface area contributed by atoms with Crippen LogP contribution in [0.1, 0.15) is 24.3 Å². The van der Waals surface area contributed by atoms with Crippen molar-refractivity contribution in [3.05, 3.63) is 90.0 Å². The summed E-state index contributed by atoms with van der Waals surface area (Å²) >= 11 is 0. The van der Waals surface area contributed by atoms with Crippen molar-refractivity contribution in [2.75, 3.05) is 31.6 Å². The molecule has 182 valence electrons. The predicted molar refractivity (Wildman–Crippen MR) is 132 cm³/mol. The molecule has 0 aliphatic carbocycles. The van der Waals surface area contributed by atoms with E-state index in [1.165, 1.54) is 18.2 Å². The topological polar surface area (TPSA) is 55.8 Å². The predicted octanol–water partition coefficient (Wildman–Crippen LogP) is 5.09. The Bertz CT molecular complexity index is 1190. The number of hydrogen-bond acceptors (Lipinski definition) is 3. The first-order chi connectivity index (χ1) is 17.0. The van der Waals surface area contributed by atoms with Crippen LogP contribution in [0.15, 0.2) is 72.8 Å². The van der Waals surface area contributed by atoms with Crippen LogP contribution in [0.2, 0.25) is 0 Å². The summed E-state index contributed by atoms with van der Waals surface area (Å²) in [5.41, 5.74) is 2.85. The summed E-state index contributed by atoms with van der Waals surface area (Å²) in [5.74, 6) is -0.606. The van der Waals surface area contributed by atoms with Gasteiger partial charge in [-0.1, -0.05) is 48.5 Å². The van der Waals surface area contributed by atoms with E-state index in [-0.39, 0.29) is 36.5 Å². The zero-order valence-corrected chi connectivity index (χ0v) is 19.4. The van der Waals surface area contributed by atoms with Gasteiger partial charge in [-0.2, -0.15) is 0 Å². The molecule has 2 saturated heterocycles. The number of carbonyl (C=O) groups excluding carboxylic acids is 1. The fraction of sp³-hybridized carbons (Fsp3) is 0.321. The normalized spacial score (nSPS) is 22.5. The fourth-order valence-corrected chi connectivity index (χ4v) is 5.47. The van der Waals surface area contributed by atoms with Crippen LogP contribution in [0.3, 0.4) is 0 Å². The number of halogens is 2. The Morgan fingerprint density at radius 3 is 2.49 bits per heavy atom. The van der Waals surface area contributed by atoms with Crippen molar-refractivity contribution < 1.29 is 18.7 Å². The van der Waals surface area contributed by atoms with Crippen molar-refractivity contribution in [2.45, 2.75) is 30.8 Å². The van der Waals surface area contributed by atoms with Gasteiger partial charge in [0.25, 0.3) is 0 Å². The van der Waals surface area contributed by atoms with Crippen molar-refractivity contribution in [3.63, 3.8) is 0 Å². The summed E-state index contributed by atoms with van der Waals surface area (Å²) < 4.78 is 27.8. The van der Waals surface area contributed by atoms with E-state index >= 15 is 0 Å². The molecule has 3 aromatic carbocycles. The lowest BCUT2D eigenvalue weighted by molar-refractivity contribution is -0.0585. The van der Waals surface area contributed by atoms with Gasteiger partial charge in [-0.05, 0) is 54.8 Å². The molecule has 0 unspecified atom stereocenters. The molecule has 0 radical (unpaired) electrons. The zero-order chi connectivity index (χ0) is 24.4. The Hall–Kier alpha value is -3.29. The van der Waals surface area contributed by atoms with Crippen LogP contribution in [0.5, 0.6) is 0 Å². The molecule has 2 amide bonds. The van der Waals surface area contributed by atoms with Crippen molar-refractivity contribution in [2.24, 2.45) is 0 Å². The Balaban J connectivity index is 1.35. The van der Waals surface area contributed by atoms with Crippen LogP contribution in [-0.4, -0.2) is 59.3 Å². The van der Waals surface area contributed by atoms with E-state index in [1.807, 2.05) is 30.3 Å². The van der Waals surface area contributed by atoms with Crippen molar-refractivity contribution in [1.82, 2.24) is 9.80 Å². The second-order valence-electron chi connectivity index (χ2n) is 9.28. The van der Waals surface area contributed by atoms with E-state index in [4.69, 9.17) is 0 Å². The van der Waals surface area contributed by atoms with E-state index in [0.717, 1.165) is 30.5 Å². The summed E-state index contributed by atoms with van der Waals surface area (Å²) in [4.78, 5) is 17.1. The van der Waals surface area contributed by atoms with Crippen molar-refractivity contribution >= 4 is 11.7 Å². The van der Waals surface area contributed by atoms with Crippen molar-refractivity contribution in [1.29, 1.82) is 0 Å². The summed E-state index contributed by atoms with van der Waals surface area (Å²) in [7, 11) is 0. The average molecular weight is 478 g/mol. The number of urea groups is 1. The number of carbonyl (C=O) groups is 1. The highest BCUT2D eigenvalue weighted by atomic mass is 19.1. The van der Waals surface area contributed by atoms with Crippen LogP contribution < -0.4 is 5.32 Å². The van der Waals surface area contributed by atoms with E-state index in [1.54, 1.807) is 29.2 Å². The second kappa shape index (κ2) is 10.1. The number of amides is 2. The quantitative estimate of drug-likeness (QED) is 0.551. The first kappa shape index (κ1) is 23.5. The summed E-state index contributed by atoms with van der Waals surface area (Å²) in [6, 6.07) is 20.2. The number of fused-ring (bicyclic) bond motifs is 1. The van der Waals surface area contributed by atoms with Crippen LogP contribution >= 0.6 is 0 Å². The molecule has 7 heteroatoms. The maximum atomic E-state index is 14.2. The average Bonchev–Trinajstić information content (AvgIpc) is 2.84. The Kier molecular flexibility index (Phi) is 6.79. The van der Waals surface area contributed by atoms with Gasteiger partial charge in [0.05, 0.1) is 6.61 Å². The Labute approximate surface area is 204 Å². The van der Waals surface area contributed by atoms with Gasteiger partial charge in [-0.15, -0.1) is 0 Å². The molecule has 2 heterocycles. The highest BCUT2D eigenvalue weighted by Gasteiger charge is 2.49. The van der Waals surface area contributed by atoms with Crippen LogP contribution in [-0.2, 0) is 0 Å². The van der Waals surface area contributed by atoms with Gasteiger partial charge in [0.2, 0.25) is 0 Å². The minimum absolute atomic E-state index is 0.0226. The number of anilines is 1. The smallest absolute Gasteiger partial charge is 0.321 e. The minimum Gasteiger partial charge on any atom is -0.395 e. The molecule has 35 heavy (non-hydrogen) atoms. The van der Waals surface area contributed by atoms with Crippen LogP contribution in [0, 0.1) is 11.6 Å². The number of nitrogens with one attached hydrogen (secondary N) is 1. The molecule has 0 aromatic heterocycles. The molecule has 2 aliphatic heterocycles. The first-order valence-corrected chi connectivity index (χ1v) is 12.1. The highest BCUT2D eigenvalue weighted by Crippen LogP contribution is 2.42. The van der Waals surface area contributed by atoms with E-state index < -0.39 is 5.82 Å². The highest BCUT2D eigenvalue weighted by molar-refractivity contribution is 5.89. The summed E-state index contributed by atoms with van der Waals surface area (Å²) in [6.45, 7) is 2.04. The van der Waals surface area contributed by atoms with Gasteiger partial charge < -0.3 is 15.3 Å². The Morgan fingerprint density at radius 2 is 1.74 bits per heavy atom. The van der Waals surface area contributed by atoms with Gasteiger partial charge in [0.15, 0.2) is 0 Å². The SMILES string of the molecule is O=C(Nc1cccc(F)c1)N1CCCCN2[C@H](CO)[C@H](c3ccc(-c4ccccc4F)cc3)[C@@H]2C1. The maximum Gasteiger partial charge on any atom is 0.321 e. The number of benzene rings is 3. The third-order valence-corrected chi connectivity index (χ3v) is 7.21. The minimum atomic E-state index is -0.398. The molecule has 5 nitrogen and oxygen atoms in total. The number of nitrogens with zero attached hydrogens (tertiary/aromatic N) is 2. The van der Waals surface area contributed by atoms with Gasteiger partial charge in [0.1, 0.15) is 11.6 Å². The molecule has 0 spiro atoms. The summed E-state index contributed by atoms with van der Waals surface area (Å²) in [6.07, 6.45) is 1.79. The number of hydrogen-bond donors (Lipinski definition) is 2. The lowest BCUT2D eigenvalue weighted by Crippen LogP contribution is -2.68. The lowest BCUT2D eigenvalue weighted by atomic mass is 9.74. The number of aliphatic hydroxyl groups is 1. The molecule has 0 saturated carbocycles. The fourth-order valence-electron chi connectivity index (χ4n) is 5.47. The van der Waals surface area contributed by atoms with E-state index in [0.29, 0.717) is 24.3 Å². The molecular weight excluding hydrogens is 448 g/mol. The van der Waals surface area contributed by atoms with Crippen LogP contribution in [0.25, 0.3) is 11.1 Å². The van der Waals surface area contributed by atoms with E-state index in [2.05, 4.69) is 10.2 Å². The standard InChI is InChI=1S/C28H29F2N3O2/c29-21-6-5-7-22(16-21)31-28(35)32-14-3-4-15-33-25(17-32)27(26(33)18-34)20-12-10-19(11-13-20)23-8-1-2-9-24(23)30/h1-2,5-13,16,25-27,34H,3-4,14-15,17-18H2,(H,31,35)/t25-,26+,27+/m0/s1. The van der Waals surface area contributed by atoms with Gasteiger partial charge in [-0.3, -0.25) is 4.90 Å². The maximum absolute atomic E-state index is 14.2. The summed E-state index contributed by atoms with van der Waals surface area (Å²) in [5, 5.41) is 13.0. The molecule has 3 aromatic rings. The largest absolute Gasteiger partial charge is 0.395 e. The molecule has 2 N–H and O–H groups in total. The van der Waals surface area contributed by atoms with Crippen molar-refractivity contribution in [3.8, 4) is 11.1 Å². The molecule has 2 aliphatic rings. The van der Waals surface area contributed by atoms with Gasteiger partial charge in [-0.25, -0.2) is 13.6 Å². The third-order valence-electron chi connectivity index (χ3n) is 7.21. The molecule has 0 bridgehead atoms. The number of aliphatic hydroxyl groups excluding tert-OH is 1. The second-order valence-corrected chi connectivity index (χ2v) is 9.28. The zero-order valence-electron chi connectivity index (χ0n) is 19.4. The molecule has 5 rings (SSSR count). The lowest BCUT2D eigenvalue weighted by Gasteiger charge is -2.57. The van der Waals surface area contributed by atoms with Gasteiger partial charge in [0, 0.05) is 42.3 Å². The first-order valence-electron chi connectivity index (χ1n) is 12.1. The van der Waals surface area contributed by atoms with Crippen LogP contribution in [0.4, 0.5) is 19.3 Å². The molecule has 3 atom stereocenters.